The molecule has 1 nitrogen and oxygen atoms in total. The lowest BCUT2D eigenvalue weighted by Gasteiger charge is -2.15. The van der Waals surface area contributed by atoms with Crippen LogP contribution in [0.5, 0.6) is 0 Å². The van der Waals surface area contributed by atoms with E-state index in [1.54, 1.807) is 0 Å². The highest BCUT2D eigenvalue weighted by molar-refractivity contribution is 6.66. The van der Waals surface area contributed by atoms with Gasteiger partial charge in [0, 0.05) is 5.39 Å². The third-order valence-corrected chi connectivity index (χ3v) is 3.28. The van der Waals surface area contributed by atoms with Crippen LogP contribution in [0.2, 0.25) is 5.02 Å². The number of nitrogens with zero attached hydrogens (tertiary/aromatic N) is 1. The van der Waals surface area contributed by atoms with Crippen molar-refractivity contribution in [2.75, 3.05) is 0 Å². The molecule has 0 spiro atoms. The molecular formula is C11H4Cl4F3N. The van der Waals surface area contributed by atoms with E-state index >= 15 is 0 Å². The van der Waals surface area contributed by atoms with Crippen LogP contribution in [0.15, 0.2) is 24.3 Å². The summed E-state index contributed by atoms with van der Waals surface area (Å²) in [5.41, 5.74) is -1.43. The van der Waals surface area contributed by atoms with E-state index in [9.17, 15) is 13.2 Å². The van der Waals surface area contributed by atoms with Crippen LogP contribution in [0, 0.1) is 0 Å². The van der Waals surface area contributed by atoms with Crippen LogP contribution in [0.3, 0.4) is 0 Å². The first-order valence-corrected chi connectivity index (χ1v) is 6.35. The number of hydrogen-bond acceptors (Lipinski definition) is 1. The van der Waals surface area contributed by atoms with Gasteiger partial charge in [-0.25, -0.2) is 4.98 Å². The van der Waals surface area contributed by atoms with Crippen molar-refractivity contribution in [1.29, 1.82) is 0 Å². The number of alkyl halides is 6. The van der Waals surface area contributed by atoms with E-state index < -0.39 is 15.5 Å². The van der Waals surface area contributed by atoms with E-state index in [0.717, 1.165) is 6.07 Å². The fourth-order valence-corrected chi connectivity index (χ4v) is 2.13. The molecule has 19 heavy (non-hydrogen) atoms. The van der Waals surface area contributed by atoms with Gasteiger partial charge in [-0.05, 0) is 12.1 Å². The topological polar surface area (TPSA) is 12.9 Å². The predicted octanol–water partition coefficient (Wildman–Crippen LogP) is 5.73. The van der Waals surface area contributed by atoms with Gasteiger partial charge in [0.2, 0.25) is 3.79 Å². The maximum Gasteiger partial charge on any atom is 0.418 e. The average molecular weight is 349 g/mol. The minimum absolute atomic E-state index is 0.0393. The number of benzene rings is 1. The van der Waals surface area contributed by atoms with Crippen LogP contribution in [-0.2, 0) is 9.97 Å². The highest BCUT2D eigenvalue weighted by Crippen LogP contribution is 2.41. The molecule has 1 aromatic heterocycles. The van der Waals surface area contributed by atoms with Crippen molar-refractivity contribution in [3.63, 3.8) is 0 Å². The van der Waals surface area contributed by atoms with Gasteiger partial charge in [0.15, 0.2) is 0 Å². The molecular weight excluding hydrogens is 345 g/mol. The summed E-state index contributed by atoms with van der Waals surface area (Å²) in [6, 6.07) is 4.79. The fourth-order valence-electron chi connectivity index (χ4n) is 1.58. The maximum atomic E-state index is 12.9. The number of hydrogen-bond donors (Lipinski definition) is 0. The Balaban J connectivity index is 2.84. The van der Waals surface area contributed by atoms with Crippen molar-refractivity contribution in [2.45, 2.75) is 9.97 Å². The molecule has 0 fully saturated rings. The molecule has 2 aromatic rings. The molecule has 0 bridgehead atoms. The zero-order valence-electron chi connectivity index (χ0n) is 8.90. The average Bonchev–Trinajstić information content (AvgIpc) is 2.25. The summed E-state index contributed by atoms with van der Waals surface area (Å²) >= 11 is 22.8. The highest BCUT2D eigenvalue weighted by Gasteiger charge is 2.34. The Morgan fingerprint density at radius 1 is 1.05 bits per heavy atom. The van der Waals surface area contributed by atoms with Gasteiger partial charge in [-0.1, -0.05) is 58.5 Å². The number of para-hydroxylation sites is 1. The largest absolute Gasteiger partial charge is 0.418 e. The quantitative estimate of drug-likeness (QED) is 0.554. The second-order valence-corrected chi connectivity index (χ2v) is 6.38. The van der Waals surface area contributed by atoms with E-state index in [1.807, 2.05) is 0 Å². The third kappa shape index (κ3) is 3.02. The summed E-state index contributed by atoms with van der Waals surface area (Å²) in [5, 5.41) is 0.187. The molecule has 0 saturated carbocycles. The molecule has 0 aliphatic rings. The molecule has 0 saturated heterocycles. The van der Waals surface area contributed by atoms with Gasteiger partial charge >= 0.3 is 6.18 Å². The third-order valence-electron chi connectivity index (χ3n) is 2.38. The SMILES string of the molecule is FC(F)(F)c1cccc2c(Cl)cc(C(Cl)(Cl)Cl)nc12. The van der Waals surface area contributed by atoms with Gasteiger partial charge in [0.1, 0.15) is 0 Å². The smallest absolute Gasteiger partial charge is 0.248 e. The Kier molecular flexibility index (Phi) is 3.82. The van der Waals surface area contributed by atoms with Crippen LogP contribution in [-0.4, -0.2) is 4.98 Å². The number of aromatic nitrogens is 1. The van der Waals surface area contributed by atoms with Crippen molar-refractivity contribution in [3.8, 4) is 0 Å². The van der Waals surface area contributed by atoms with Gasteiger partial charge < -0.3 is 0 Å². The Morgan fingerprint density at radius 2 is 1.68 bits per heavy atom. The van der Waals surface area contributed by atoms with Gasteiger partial charge in [0.05, 0.1) is 21.8 Å². The van der Waals surface area contributed by atoms with Gasteiger partial charge in [-0.2, -0.15) is 13.2 Å². The number of rotatable bonds is 0. The Bertz CT molecular complexity index is 634. The second-order valence-electron chi connectivity index (χ2n) is 3.69. The zero-order chi connectivity index (χ0) is 14.4. The number of halogens is 7. The van der Waals surface area contributed by atoms with Crippen molar-refractivity contribution >= 4 is 57.3 Å². The predicted molar refractivity (Wildman–Crippen MR) is 71.0 cm³/mol. The van der Waals surface area contributed by atoms with E-state index in [2.05, 4.69) is 4.98 Å². The Labute approximate surface area is 126 Å². The first-order chi connectivity index (χ1) is 8.60. The summed E-state index contributed by atoms with van der Waals surface area (Å²) in [7, 11) is 0. The van der Waals surface area contributed by atoms with Crippen LogP contribution >= 0.6 is 46.4 Å². The zero-order valence-corrected chi connectivity index (χ0v) is 11.9. The summed E-state index contributed by atoms with van der Waals surface area (Å²) in [6.07, 6.45) is -4.57. The molecule has 0 aliphatic heterocycles. The van der Waals surface area contributed by atoms with E-state index in [1.165, 1.54) is 18.2 Å². The Morgan fingerprint density at radius 3 is 2.21 bits per heavy atom. The van der Waals surface area contributed by atoms with Crippen molar-refractivity contribution < 1.29 is 13.2 Å². The normalized spacial score (nSPS) is 13.0. The van der Waals surface area contributed by atoms with Crippen LogP contribution < -0.4 is 0 Å². The molecule has 0 aliphatic carbocycles. The highest BCUT2D eigenvalue weighted by atomic mass is 35.6. The lowest BCUT2D eigenvalue weighted by molar-refractivity contribution is -0.136. The van der Waals surface area contributed by atoms with E-state index in [-0.39, 0.29) is 21.6 Å². The monoisotopic (exact) mass is 347 g/mol. The molecule has 0 radical (unpaired) electrons. The molecule has 0 N–H and O–H groups in total. The molecule has 0 unspecified atom stereocenters. The standard InChI is InChI=1S/C11H4Cl4F3N/c12-7-4-8(10(13,14)15)19-9-5(7)2-1-3-6(9)11(16,17)18/h1-4H. The first kappa shape index (κ1) is 15.0. The van der Waals surface area contributed by atoms with Crippen molar-refractivity contribution in [3.05, 3.63) is 40.5 Å². The first-order valence-electron chi connectivity index (χ1n) is 4.84. The van der Waals surface area contributed by atoms with Crippen molar-refractivity contribution in [2.24, 2.45) is 0 Å². The van der Waals surface area contributed by atoms with Gasteiger partial charge in [0.25, 0.3) is 0 Å². The van der Waals surface area contributed by atoms with Crippen LogP contribution in [0.4, 0.5) is 13.2 Å². The maximum absolute atomic E-state index is 12.9. The molecule has 1 aromatic carbocycles. The molecule has 0 amide bonds. The Hall–Kier alpha value is -0.420. The minimum Gasteiger partial charge on any atom is -0.248 e. The lowest BCUT2D eigenvalue weighted by atomic mass is 10.1. The molecule has 0 atom stereocenters. The summed E-state index contributed by atoms with van der Waals surface area (Å²) < 4.78 is 36.7. The van der Waals surface area contributed by atoms with Crippen LogP contribution in [0.1, 0.15) is 11.3 Å². The molecule has 1 heterocycles. The molecule has 2 rings (SSSR count). The van der Waals surface area contributed by atoms with E-state index in [0.29, 0.717) is 0 Å². The second kappa shape index (κ2) is 4.85. The van der Waals surface area contributed by atoms with Gasteiger partial charge in [-0.3, -0.25) is 0 Å². The van der Waals surface area contributed by atoms with Gasteiger partial charge in [-0.15, -0.1) is 0 Å². The molecule has 8 heteroatoms. The van der Waals surface area contributed by atoms with E-state index in [4.69, 9.17) is 46.4 Å². The van der Waals surface area contributed by atoms with Crippen molar-refractivity contribution in [1.82, 2.24) is 4.98 Å². The number of fused-ring (bicyclic) bond motifs is 1. The summed E-state index contributed by atoms with van der Waals surface area (Å²) in [5.74, 6) is 0. The summed E-state index contributed by atoms with van der Waals surface area (Å²) in [6.45, 7) is 0. The number of pyridine rings is 1. The lowest BCUT2D eigenvalue weighted by Crippen LogP contribution is -2.09. The molecule has 102 valence electrons. The van der Waals surface area contributed by atoms with Crippen LogP contribution in [0.25, 0.3) is 10.9 Å². The minimum atomic E-state index is -4.57. The summed E-state index contributed by atoms with van der Waals surface area (Å²) in [4.78, 5) is 3.77. The fraction of sp³-hybridized carbons (Fsp3) is 0.182.